The second-order valence-electron chi connectivity index (χ2n) is 7.40. The molecule has 0 aromatic rings. The average molecular weight is 490 g/mol. The van der Waals surface area contributed by atoms with Crippen molar-refractivity contribution < 1.29 is 48.9 Å². The summed E-state index contributed by atoms with van der Waals surface area (Å²) in [5.74, 6) is -7.85. The van der Waals surface area contributed by atoms with Gasteiger partial charge >= 0.3 is 11.9 Å². The van der Waals surface area contributed by atoms with E-state index in [4.69, 9.17) is 27.4 Å². The second-order valence-corrected chi connectivity index (χ2v) is 7.40. The van der Waals surface area contributed by atoms with Crippen molar-refractivity contribution in [2.75, 3.05) is 0 Å². The van der Waals surface area contributed by atoms with Crippen molar-refractivity contribution in [2.24, 2.45) is 17.2 Å². The van der Waals surface area contributed by atoms with Crippen LogP contribution >= 0.6 is 0 Å². The molecule has 0 spiro atoms. The van der Waals surface area contributed by atoms with E-state index in [1.54, 1.807) is 0 Å². The second kappa shape index (κ2) is 14.4. The highest BCUT2D eigenvalue weighted by molar-refractivity contribution is 5.95. The molecule has 0 fully saturated rings. The third kappa shape index (κ3) is 11.7. The summed E-state index contributed by atoms with van der Waals surface area (Å²) in [7, 11) is 0. The third-order valence-electron chi connectivity index (χ3n) is 4.41. The molecule has 0 aliphatic heterocycles. The summed E-state index contributed by atoms with van der Waals surface area (Å²) < 4.78 is 0. The number of carbonyl (C=O) groups is 7. The Morgan fingerprint density at radius 2 is 1.26 bits per heavy atom. The fraction of sp³-hybridized carbons (Fsp3) is 0.611. The van der Waals surface area contributed by atoms with Crippen LogP contribution in [-0.4, -0.2) is 87.1 Å². The van der Waals surface area contributed by atoms with Gasteiger partial charge in [0.05, 0.1) is 18.6 Å². The number of carbonyl (C=O) groups excluding carboxylic acids is 5. The Morgan fingerprint density at radius 3 is 1.71 bits per heavy atom. The van der Waals surface area contributed by atoms with E-state index in [9.17, 15) is 38.7 Å². The number of carboxylic acids is 2. The molecule has 192 valence electrons. The largest absolute Gasteiger partial charge is 0.481 e. The molecule has 34 heavy (non-hydrogen) atoms. The van der Waals surface area contributed by atoms with E-state index in [1.807, 2.05) is 5.32 Å². The summed E-state index contributed by atoms with van der Waals surface area (Å²) >= 11 is 0. The number of carboxylic acid groups (broad SMARTS) is 2. The normalized spacial score (nSPS) is 15.0. The van der Waals surface area contributed by atoms with Crippen LogP contribution in [0, 0.1) is 0 Å². The van der Waals surface area contributed by atoms with E-state index in [2.05, 4.69) is 10.6 Å². The van der Waals surface area contributed by atoms with Crippen molar-refractivity contribution in [1.29, 1.82) is 0 Å². The third-order valence-corrected chi connectivity index (χ3v) is 4.41. The summed E-state index contributed by atoms with van der Waals surface area (Å²) in [6, 6.07) is -6.29. The van der Waals surface area contributed by atoms with Gasteiger partial charge in [-0.15, -0.1) is 0 Å². The lowest BCUT2D eigenvalue weighted by molar-refractivity contribution is -0.148. The van der Waals surface area contributed by atoms with Gasteiger partial charge in [0.2, 0.25) is 29.5 Å². The first-order valence-electron chi connectivity index (χ1n) is 10.0. The highest BCUT2D eigenvalue weighted by atomic mass is 16.4. The van der Waals surface area contributed by atoms with Gasteiger partial charge in [-0.3, -0.25) is 28.8 Å². The first-order chi connectivity index (χ1) is 15.6. The van der Waals surface area contributed by atoms with Gasteiger partial charge in [0.15, 0.2) is 0 Å². The number of amides is 5. The van der Waals surface area contributed by atoms with E-state index in [-0.39, 0.29) is 25.7 Å². The van der Waals surface area contributed by atoms with Crippen LogP contribution in [0.15, 0.2) is 0 Å². The van der Waals surface area contributed by atoms with E-state index in [0.717, 1.165) is 6.92 Å². The Bertz CT molecular complexity index is 802. The Labute approximate surface area is 193 Å². The summed E-state index contributed by atoms with van der Waals surface area (Å²) in [6.07, 6.45) is -3.57. The van der Waals surface area contributed by atoms with E-state index in [1.165, 1.54) is 0 Å². The molecule has 5 unspecified atom stereocenters. The number of nitrogens with one attached hydrogen (secondary N) is 3. The molecule has 12 N–H and O–H groups in total. The van der Waals surface area contributed by atoms with Crippen LogP contribution in [0.4, 0.5) is 0 Å². The van der Waals surface area contributed by atoms with Crippen molar-refractivity contribution in [3.8, 4) is 0 Å². The maximum absolute atomic E-state index is 12.7. The van der Waals surface area contributed by atoms with Crippen LogP contribution in [0.25, 0.3) is 0 Å². The van der Waals surface area contributed by atoms with Gasteiger partial charge in [-0.05, 0) is 19.8 Å². The zero-order valence-corrected chi connectivity index (χ0v) is 18.4. The van der Waals surface area contributed by atoms with Gasteiger partial charge in [-0.25, -0.2) is 4.79 Å². The van der Waals surface area contributed by atoms with Crippen molar-refractivity contribution >= 4 is 41.5 Å². The molecule has 16 heteroatoms. The number of hydrogen-bond acceptors (Lipinski definition) is 9. The molecule has 5 atom stereocenters. The molecule has 0 saturated carbocycles. The highest BCUT2D eigenvalue weighted by Crippen LogP contribution is 2.04. The molecule has 0 bridgehead atoms. The quantitative estimate of drug-likeness (QED) is 0.0988. The molecule has 0 saturated heterocycles. The summed E-state index contributed by atoms with van der Waals surface area (Å²) in [5.41, 5.74) is 15.7. The van der Waals surface area contributed by atoms with Gasteiger partial charge in [-0.1, -0.05) is 0 Å². The van der Waals surface area contributed by atoms with Gasteiger partial charge < -0.3 is 48.5 Å². The number of rotatable bonds is 16. The summed E-state index contributed by atoms with van der Waals surface area (Å²) in [5, 5.41) is 34.0. The summed E-state index contributed by atoms with van der Waals surface area (Å²) in [4.78, 5) is 81.3. The monoisotopic (exact) mass is 490 g/mol. The van der Waals surface area contributed by atoms with Crippen LogP contribution in [0.2, 0.25) is 0 Å². The minimum absolute atomic E-state index is 0.135. The molecule has 0 rings (SSSR count). The first-order valence-corrected chi connectivity index (χ1v) is 10.0. The molecule has 0 heterocycles. The molecule has 0 radical (unpaired) electrons. The number of aliphatic carboxylic acids is 2. The summed E-state index contributed by atoms with van der Waals surface area (Å²) in [6.45, 7) is 1.09. The molecular formula is C18H30N6O10. The molecule has 0 aromatic heterocycles. The zero-order chi connectivity index (χ0) is 26.6. The van der Waals surface area contributed by atoms with Crippen molar-refractivity contribution in [2.45, 2.75) is 69.3 Å². The molecule has 0 aromatic carbocycles. The standard InChI is InChI=1S/C18H30N6O10/c1-7(25)14(17(32)23-10(18(33)34)6-13(28)29)24-16(31)9(3-5-12(21)27)22-15(30)8(19)2-4-11(20)26/h7-10,14,25H,2-6,19H2,1H3,(H2,20,26)(H2,21,27)(H,22,30)(H,23,32)(H,24,31)(H,28,29)(H,33,34). The van der Waals surface area contributed by atoms with Gasteiger partial charge in [0.1, 0.15) is 18.1 Å². The number of hydrogen-bond donors (Lipinski definition) is 9. The molecule has 5 amide bonds. The molecule has 0 aliphatic carbocycles. The first kappa shape index (κ1) is 30.2. The molecular weight excluding hydrogens is 460 g/mol. The van der Waals surface area contributed by atoms with Crippen molar-refractivity contribution in [3.63, 3.8) is 0 Å². The Kier molecular flexibility index (Phi) is 12.8. The van der Waals surface area contributed by atoms with Crippen LogP contribution in [0.5, 0.6) is 0 Å². The predicted octanol–water partition coefficient (Wildman–Crippen LogP) is -4.76. The highest BCUT2D eigenvalue weighted by Gasteiger charge is 2.33. The van der Waals surface area contributed by atoms with Crippen LogP contribution in [-0.2, 0) is 33.6 Å². The fourth-order valence-electron chi connectivity index (χ4n) is 2.56. The van der Waals surface area contributed by atoms with Crippen LogP contribution in [0.1, 0.15) is 39.0 Å². The van der Waals surface area contributed by atoms with E-state index < -0.39 is 78.2 Å². The lowest BCUT2D eigenvalue weighted by Crippen LogP contribution is -2.60. The Hall–Kier alpha value is -3.79. The Balaban J connectivity index is 5.48. The Morgan fingerprint density at radius 1 is 0.765 bits per heavy atom. The van der Waals surface area contributed by atoms with Crippen LogP contribution < -0.4 is 33.2 Å². The fourth-order valence-corrected chi connectivity index (χ4v) is 2.56. The lowest BCUT2D eigenvalue weighted by Gasteiger charge is -2.26. The maximum atomic E-state index is 12.7. The number of aliphatic hydroxyl groups is 1. The smallest absolute Gasteiger partial charge is 0.326 e. The molecule has 16 nitrogen and oxygen atoms in total. The predicted molar refractivity (Wildman–Crippen MR) is 112 cm³/mol. The van der Waals surface area contributed by atoms with Crippen molar-refractivity contribution in [3.05, 3.63) is 0 Å². The topological polar surface area (TPSA) is 294 Å². The SMILES string of the molecule is CC(O)C(NC(=O)C(CCC(N)=O)NC(=O)C(N)CCC(N)=O)C(=O)NC(CC(=O)O)C(=O)O. The van der Waals surface area contributed by atoms with Crippen molar-refractivity contribution in [1.82, 2.24) is 16.0 Å². The zero-order valence-electron chi connectivity index (χ0n) is 18.4. The number of primary amides is 2. The number of nitrogens with two attached hydrogens (primary N) is 3. The minimum Gasteiger partial charge on any atom is -0.481 e. The minimum atomic E-state index is -1.85. The maximum Gasteiger partial charge on any atom is 0.326 e. The number of aliphatic hydroxyl groups excluding tert-OH is 1. The van der Waals surface area contributed by atoms with Crippen LogP contribution in [0.3, 0.4) is 0 Å². The van der Waals surface area contributed by atoms with E-state index >= 15 is 0 Å². The lowest BCUT2D eigenvalue weighted by atomic mass is 10.1. The van der Waals surface area contributed by atoms with Gasteiger partial charge in [0.25, 0.3) is 0 Å². The average Bonchev–Trinajstić information content (AvgIpc) is 2.71. The van der Waals surface area contributed by atoms with Gasteiger partial charge in [0, 0.05) is 12.8 Å². The van der Waals surface area contributed by atoms with Gasteiger partial charge in [-0.2, -0.15) is 0 Å². The van der Waals surface area contributed by atoms with E-state index in [0.29, 0.717) is 0 Å². The molecule has 0 aliphatic rings.